The number of nitrogens with one attached hydrogen (secondary N) is 5. The Kier molecular flexibility index (Phi) is 27.3. The van der Waals surface area contributed by atoms with Gasteiger partial charge in [-0.15, -0.1) is 11.8 Å². The summed E-state index contributed by atoms with van der Waals surface area (Å²) in [5, 5.41) is 29.6. The number of rotatable bonds is 24. The Morgan fingerprint density at radius 3 is 2.08 bits per heavy atom. The molecule has 0 aromatic heterocycles. The van der Waals surface area contributed by atoms with Crippen molar-refractivity contribution in [2.75, 3.05) is 83.9 Å². The highest BCUT2D eigenvalue weighted by Gasteiger charge is 2.51. The topological polar surface area (TPSA) is 297 Å². The Labute approximate surface area is 593 Å². The Morgan fingerprint density at radius 2 is 1.44 bits per heavy atom. The fourth-order valence-corrected chi connectivity index (χ4v) is 21.2. The van der Waals surface area contributed by atoms with E-state index in [0.29, 0.717) is 36.8 Å². The first-order chi connectivity index (χ1) is 47.5. The van der Waals surface area contributed by atoms with Crippen LogP contribution in [0.4, 0.5) is 4.79 Å². The summed E-state index contributed by atoms with van der Waals surface area (Å²) in [5.41, 5.74) is 6.21. The lowest BCUT2D eigenvalue weighted by molar-refractivity contribution is -0.138. The number of methoxy groups -OCH3 is 2. The molecule has 0 radical (unpaired) electrons. The van der Waals surface area contributed by atoms with E-state index in [-0.39, 0.29) is 115 Å². The van der Waals surface area contributed by atoms with Crippen LogP contribution in [0.2, 0.25) is 5.04 Å². The van der Waals surface area contributed by atoms with Crippen LogP contribution in [0, 0.1) is 11.8 Å². The number of nitrogens with zero attached hydrogens (tertiary/aromatic N) is 5. The van der Waals surface area contributed by atoms with E-state index in [1.807, 2.05) is 18.7 Å². The Hall–Kier alpha value is -7.07. The molecule has 26 heteroatoms. The zero-order valence-electron chi connectivity index (χ0n) is 58.9. The zero-order valence-corrected chi connectivity index (χ0v) is 61.6. The highest BCUT2D eigenvalue weighted by atomic mass is 32.2. The van der Waals surface area contributed by atoms with Crippen LogP contribution in [0.15, 0.2) is 129 Å². The predicted octanol–water partition coefficient (Wildman–Crippen LogP) is 5.39. The average molecular weight is 1420 g/mol. The normalized spacial score (nSPS) is 28.1. The van der Waals surface area contributed by atoms with E-state index >= 15 is 0 Å². The van der Waals surface area contributed by atoms with E-state index in [1.54, 1.807) is 26.0 Å². The number of ketones is 2. The second-order valence-electron chi connectivity index (χ2n) is 28.1. The first-order valence-electron chi connectivity index (χ1n) is 35.0. The number of nitrogens with two attached hydrogens (primary N) is 1. The number of hydrogen-bond donors (Lipinski definition) is 7. The maximum Gasteiger partial charge on any atom is 0.405 e. The number of aliphatic imine (C=N–C) groups is 2. The molecule has 8 N–H and O–H groups in total. The first kappa shape index (κ1) is 76.1. The Bertz CT molecular complexity index is 3390. The van der Waals surface area contributed by atoms with Crippen molar-refractivity contribution in [2.24, 2.45) is 27.6 Å². The number of likely N-dealkylation sites (tertiary alicyclic amines) is 1. The van der Waals surface area contributed by atoms with Crippen molar-refractivity contribution in [3.8, 4) is 0 Å². The van der Waals surface area contributed by atoms with Gasteiger partial charge in [0.25, 0.3) is 14.2 Å². The molecular weight excluding hydrogens is 1320 g/mol. The number of amides is 5. The van der Waals surface area contributed by atoms with Gasteiger partial charge in [0.05, 0.1) is 47.5 Å². The Morgan fingerprint density at radius 1 is 0.808 bits per heavy atom. The number of thioether (sulfide) groups is 2. The minimum absolute atomic E-state index is 0.0691. The van der Waals surface area contributed by atoms with Crippen molar-refractivity contribution in [3.63, 3.8) is 0 Å². The molecule has 0 saturated carbocycles. The lowest BCUT2D eigenvalue weighted by Gasteiger charge is -2.44. The largest absolute Gasteiger partial charge is 0.439 e. The minimum Gasteiger partial charge on any atom is -0.439 e. The van der Waals surface area contributed by atoms with Gasteiger partial charge in [-0.1, -0.05) is 120 Å². The number of fused-ring (bicyclic) bond motifs is 4. The predicted molar refractivity (Wildman–Crippen MR) is 391 cm³/mol. The first-order valence-corrected chi connectivity index (χ1v) is 39.1. The molecule has 1 unspecified atom stereocenters. The van der Waals surface area contributed by atoms with Gasteiger partial charge in [0, 0.05) is 125 Å². The summed E-state index contributed by atoms with van der Waals surface area (Å²) >= 11 is 3.46. The van der Waals surface area contributed by atoms with Crippen LogP contribution in [0.5, 0.6) is 0 Å². The second-order valence-corrected chi connectivity index (χ2v) is 34.7. The van der Waals surface area contributed by atoms with Crippen LogP contribution >= 0.6 is 23.5 Å². The van der Waals surface area contributed by atoms with Crippen molar-refractivity contribution in [2.45, 2.75) is 172 Å². The molecule has 3 fully saturated rings. The summed E-state index contributed by atoms with van der Waals surface area (Å²) in [6, 6.07) is 22.3. The Balaban J connectivity index is 0.696. The monoisotopic (exact) mass is 1420 g/mol. The van der Waals surface area contributed by atoms with Gasteiger partial charge < -0.3 is 65.9 Å². The molecule has 5 amide bonds. The number of imide groups is 1. The number of aliphatic hydroxyl groups is 1. The average Bonchev–Trinajstić information content (AvgIpc) is 1.21. The van der Waals surface area contributed by atoms with Crippen molar-refractivity contribution >= 4 is 95.4 Å². The summed E-state index contributed by atoms with van der Waals surface area (Å²) in [5.74, 6) is 1.21. The lowest BCUT2D eigenvalue weighted by Crippen LogP contribution is -2.67. The number of ether oxygens (including phenoxy) is 3. The molecule has 2 bridgehead atoms. The molecule has 538 valence electrons. The van der Waals surface area contributed by atoms with E-state index < -0.39 is 67.5 Å². The summed E-state index contributed by atoms with van der Waals surface area (Å²) in [6.07, 6.45) is 8.01. The number of carbonyl (C=O) groups excluding carboxylic acids is 7. The van der Waals surface area contributed by atoms with Gasteiger partial charge in [-0.05, 0) is 92.1 Å². The fraction of sp³-hybridized carbons (Fsp3) is 0.575. The van der Waals surface area contributed by atoms with Gasteiger partial charge in [-0.25, -0.2) is 14.8 Å². The number of primary amides is 1. The zero-order chi connectivity index (χ0) is 71.0. The van der Waals surface area contributed by atoms with E-state index in [2.05, 4.69) is 118 Å². The molecular formula is C73H103N11O12S2Si. The summed E-state index contributed by atoms with van der Waals surface area (Å²) < 4.78 is 24.2. The number of benzene rings is 2. The third-order valence-corrected chi connectivity index (χ3v) is 27.3. The highest BCUT2D eigenvalue weighted by molar-refractivity contribution is 8.00. The van der Waals surface area contributed by atoms with E-state index in [0.717, 1.165) is 81.4 Å². The van der Waals surface area contributed by atoms with Crippen LogP contribution in [0.25, 0.3) is 0 Å². The van der Waals surface area contributed by atoms with Crippen LogP contribution in [0.3, 0.4) is 0 Å². The number of aliphatic hydroxyl groups excluding tert-OH is 1. The molecule has 6 heterocycles. The van der Waals surface area contributed by atoms with E-state index in [9.17, 15) is 38.7 Å². The molecule has 0 spiro atoms. The van der Waals surface area contributed by atoms with Crippen molar-refractivity contribution in [3.05, 3.63) is 119 Å². The molecule has 7 aliphatic rings. The van der Waals surface area contributed by atoms with Gasteiger partial charge in [0.15, 0.2) is 18.0 Å². The molecule has 11 atom stereocenters. The molecule has 1 aliphatic carbocycles. The van der Waals surface area contributed by atoms with Gasteiger partial charge in [0.1, 0.15) is 6.10 Å². The molecule has 99 heavy (non-hydrogen) atoms. The van der Waals surface area contributed by atoms with Crippen molar-refractivity contribution in [1.82, 2.24) is 41.3 Å². The molecule has 2 aromatic rings. The van der Waals surface area contributed by atoms with Crippen LogP contribution in [-0.2, 0) is 47.4 Å². The second kappa shape index (κ2) is 35.5. The van der Waals surface area contributed by atoms with E-state index in [1.165, 1.54) is 60.3 Å². The molecule has 2 aromatic carbocycles. The summed E-state index contributed by atoms with van der Waals surface area (Å²) in [7, 11) is 0.215. The SMILES string of the molecule is CO[C@H]1/C=C\C=C(/C)C(=O)NC2=CC(=O)C(NCCCNC(=O)CCCN3C(=O)CC(SC[C@H]4CCN5CC[C@H](CSC[C@H]6CCN7CC[C@H](CO[Si](c8ccccc8)(c8ccccc8)C(C)(C)C)N=C7N6)N=C5N4)C3=O)=C(C[C@@H](C)C[C@H](OC)[C@H](O)[C@@H](C)/C=C(\C)[C@@H]1OC(N)=O)C2=O. The highest BCUT2D eigenvalue weighted by Crippen LogP contribution is 2.38. The van der Waals surface area contributed by atoms with Gasteiger partial charge >= 0.3 is 6.09 Å². The molecule has 9 rings (SSSR count). The maximum absolute atomic E-state index is 14.2. The minimum atomic E-state index is -2.68. The lowest BCUT2D eigenvalue weighted by atomic mass is 9.85. The molecule has 23 nitrogen and oxygen atoms in total. The van der Waals surface area contributed by atoms with E-state index in [4.69, 9.17) is 34.4 Å². The number of carbonyl (C=O) groups is 7. The number of guanidine groups is 2. The van der Waals surface area contributed by atoms with Crippen molar-refractivity contribution < 1.29 is 57.3 Å². The van der Waals surface area contributed by atoms with Crippen LogP contribution < -0.4 is 42.7 Å². The summed E-state index contributed by atoms with van der Waals surface area (Å²) in [4.78, 5) is 110. The number of Topliss-reactive ketones (excluding diaryl/α,β-unsaturated/α-hetero) is 1. The number of allylic oxidation sites excluding steroid dienone is 4. The smallest absolute Gasteiger partial charge is 0.405 e. The standard InChI is InChI=1S/C73H103N11O12S2Si/c1-46-37-56-64(58(85)40-57(66(56)89)81-68(90)47(2)19-16-24-59(93-8)67(96-70(74)92)49(4)39-48(3)65(88)60(38-46)94-9)76-31-18-30-75-62(86)25-17-32-84-63(87)41-61(69(84)91)98-45-53-29-36-83-35-28-52(79-72(83)80-53)44-97-43-51-27-34-82-33-26-50(77-71(82)78-51)42-95-99(73(5,6)7,54-20-12-10-13-21-54)55-22-14-11-15-23-55/h10-16,19-24,39-40,46,48,50-53,59-61,65,67,76,88H,17-18,25-38,41-45H2,1-9H3,(H2,74,92)(H,75,86)(H,77,78)(H,79,80)(H,81,90)/b24-16-,47-19+,49-39+/t46-,48+,50-,51-,52-,53-,59+,60+,61?,65-,67+/m1/s1. The van der Waals surface area contributed by atoms with Crippen LogP contribution in [0.1, 0.15) is 113 Å². The third kappa shape index (κ3) is 19.7. The van der Waals surface area contributed by atoms with Crippen LogP contribution in [-0.4, -0.2) is 219 Å². The molecule has 6 aliphatic heterocycles. The number of hydrogen-bond acceptors (Lipinski definition) is 21. The summed E-state index contributed by atoms with van der Waals surface area (Å²) in [6.45, 7) is 18.8. The quantitative estimate of drug-likeness (QED) is 0.0228. The molecule has 3 saturated heterocycles. The van der Waals surface area contributed by atoms with Gasteiger partial charge in [-0.3, -0.25) is 33.7 Å². The third-order valence-electron chi connectivity index (χ3n) is 19.6. The van der Waals surface area contributed by atoms with Crippen molar-refractivity contribution in [1.29, 1.82) is 0 Å². The fourth-order valence-electron chi connectivity index (χ4n) is 14.1. The van der Waals surface area contributed by atoms with Gasteiger partial charge in [0.2, 0.25) is 29.3 Å². The maximum atomic E-state index is 14.2. The van der Waals surface area contributed by atoms with Gasteiger partial charge in [-0.2, -0.15) is 11.8 Å².